The summed E-state index contributed by atoms with van der Waals surface area (Å²) in [7, 11) is 2.02. The van der Waals surface area contributed by atoms with Crippen molar-refractivity contribution in [3.8, 4) is 11.8 Å². The van der Waals surface area contributed by atoms with Crippen molar-refractivity contribution >= 4 is 11.4 Å². The fraction of sp³-hybridized carbons (Fsp3) is 0.417. The molecule has 0 aliphatic carbocycles. The van der Waals surface area contributed by atoms with Gasteiger partial charge in [0.15, 0.2) is 5.75 Å². The molecule has 0 aromatic heterocycles. The average Bonchev–Trinajstić information content (AvgIpc) is 2.29. The van der Waals surface area contributed by atoms with E-state index in [1.807, 2.05) is 25.2 Å². The second-order valence-electron chi connectivity index (χ2n) is 3.97. The summed E-state index contributed by atoms with van der Waals surface area (Å²) in [5.41, 5.74) is 7.52. The van der Waals surface area contributed by atoms with Crippen molar-refractivity contribution in [1.29, 1.82) is 5.26 Å². The van der Waals surface area contributed by atoms with Gasteiger partial charge in [-0.15, -0.1) is 0 Å². The summed E-state index contributed by atoms with van der Waals surface area (Å²) in [6.45, 7) is 0.597. The molecule has 1 aliphatic rings. The van der Waals surface area contributed by atoms with Crippen LogP contribution in [0.15, 0.2) is 18.2 Å². The van der Waals surface area contributed by atoms with Gasteiger partial charge >= 0.3 is 0 Å². The molecule has 1 aromatic rings. The minimum atomic E-state index is 0.258. The average molecular weight is 217 g/mol. The van der Waals surface area contributed by atoms with Crippen LogP contribution in [-0.2, 0) is 0 Å². The number of hydrogen-bond donors (Lipinski definition) is 1. The SMILES string of the molecule is CN1c2cccc(N)c2OCC1CCC#N. The van der Waals surface area contributed by atoms with Crippen LogP contribution in [0.2, 0.25) is 0 Å². The van der Waals surface area contributed by atoms with Crippen LogP contribution in [0.25, 0.3) is 0 Å². The van der Waals surface area contributed by atoms with Crippen LogP contribution in [0, 0.1) is 11.3 Å². The normalized spacial score (nSPS) is 18.5. The first-order valence-corrected chi connectivity index (χ1v) is 5.35. The molecule has 0 amide bonds. The van der Waals surface area contributed by atoms with Crippen LogP contribution in [-0.4, -0.2) is 19.7 Å². The van der Waals surface area contributed by atoms with Crippen LogP contribution >= 0.6 is 0 Å². The van der Waals surface area contributed by atoms with Gasteiger partial charge in [-0.25, -0.2) is 0 Å². The van der Waals surface area contributed by atoms with E-state index in [9.17, 15) is 0 Å². The van der Waals surface area contributed by atoms with Gasteiger partial charge in [0.2, 0.25) is 0 Å². The number of hydrogen-bond acceptors (Lipinski definition) is 4. The highest BCUT2D eigenvalue weighted by atomic mass is 16.5. The first-order chi connectivity index (χ1) is 7.74. The van der Waals surface area contributed by atoms with Crippen molar-refractivity contribution in [3.63, 3.8) is 0 Å². The third-order valence-electron chi connectivity index (χ3n) is 2.96. The molecule has 1 unspecified atom stereocenters. The smallest absolute Gasteiger partial charge is 0.165 e. The Morgan fingerprint density at radius 1 is 1.62 bits per heavy atom. The highest BCUT2D eigenvalue weighted by Gasteiger charge is 2.25. The quantitative estimate of drug-likeness (QED) is 0.767. The van der Waals surface area contributed by atoms with Gasteiger partial charge in [-0.05, 0) is 18.6 Å². The molecular formula is C12H15N3O. The van der Waals surface area contributed by atoms with Gasteiger partial charge in [0.05, 0.1) is 23.5 Å². The highest BCUT2D eigenvalue weighted by molar-refractivity contribution is 5.71. The molecule has 1 heterocycles. The third kappa shape index (κ3) is 1.76. The van der Waals surface area contributed by atoms with Gasteiger partial charge < -0.3 is 15.4 Å². The predicted molar refractivity (Wildman–Crippen MR) is 63.4 cm³/mol. The minimum absolute atomic E-state index is 0.258. The molecule has 0 bridgehead atoms. The molecule has 16 heavy (non-hydrogen) atoms. The molecule has 0 saturated carbocycles. The van der Waals surface area contributed by atoms with Crippen LogP contribution in [0.1, 0.15) is 12.8 Å². The largest absolute Gasteiger partial charge is 0.487 e. The van der Waals surface area contributed by atoms with Gasteiger partial charge in [0, 0.05) is 13.5 Å². The molecule has 0 spiro atoms. The Bertz CT molecular complexity index is 425. The molecule has 1 aromatic carbocycles. The van der Waals surface area contributed by atoms with Gasteiger partial charge in [0.25, 0.3) is 0 Å². The van der Waals surface area contributed by atoms with Gasteiger partial charge in [0.1, 0.15) is 6.61 Å². The van der Waals surface area contributed by atoms with Crippen molar-refractivity contribution in [1.82, 2.24) is 0 Å². The standard InChI is InChI=1S/C12H15N3O/c1-15-9(4-3-7-13)8-16-12-10(14)5-2-6-11(12)15/h2,5-6,9H,3-4,8,14H2,1H3. The first-order valence-electron chi connectivity index (χ1n) is 5.35. The van der Waals surface area contributed by atoms with Crippen LogP contribution in [0.4, 0.5) is 11.4 Å². The van der Waals surface area contributed by atoms with Gasteiger partial charge in [-0.2, -0.15) is 5.26 Å². The van der Waals surface area contributed by atoms with Gasteiger partial charge in [-0.1, -0.05) is 6.07 Å². The van der Waals surface area contributed by atoms with Crippen molar-refractivity contribution < 1.29 is 4.74 Å². The fourth-order valence-corrected chi connectivity index (χ4v) is 1.97. The number of nitrogens with zero attached hydrogens (tertiary/aromatic N) is 2. The van der Waals surface area contributed by atoms with Crippen molar-refractivity contribution in [2.45, 2.75) is 18.9 Å². The summed E-state index contributed by atoms with van der Waals surface area (Å²) in [4.78, 5) is 2.15. The van der Waals surface area contributed by atoms with E-state index < -0.39 is 0 Å². The van der Waals surface area contributed by atoms with Crippen LogP contribution < -0.4 is 15.4 Å². The summed E-state index contributed by atoms with van der Waals surface area (Å²) in [5, 5.41) is 8.59. The minimum Gasteiger partial charge on any atom is -0.487 e. The Morgan fingerprint density at radius 2 is 2.44 bits per heavy atom. The Hall–Kier alpha value is -1.89. The number of ether oxygens (including phenoxy) is 1. The molecule has 4 nitrogen and oxygen atoms in total. The zero-order chi connectivity index (χ0) is 11.5. The topological polar surface area (TPSA) is 62.3 Å². The number of anilines is 2. The summed E-state index contributed by atoms with van der Waals surface area (Å²) in [5.74, 6) is 0.762. The molecule has 2 N–H and O–H groups in total. The molecular weight excluding hydrogens is 202 g/mol. The molecule has 0 saturated heterocycles. The Kier molecular flexibility index (Phi) is 2.86. The van der Waals surface area contributed by atoms with E-state index in [-0.39, 0.29) is 6.04 Å². The molecule has 1 atom stereocenters. The number of nitriles is 1. The predicted octanol–water partition coefficient (Wildman–Crippen LogP) is 1.77. The lowest BCUT2D eigenvalue weighted by Crippen LogP contribution is -2.40. The molecule has 0 radical (unpaired) electrons. The van der Waals surface area contributed by atoms with Crippen LogP contribution in [0.3, 0.4) is 0 Å². The number of rotatable bonds is 2. The number of para-hydroxylation sites is 1. The van der Waals surface area contributed by atoms with E-state index in [1.54, 1.807) is 0 Å². The number of nitrogen functional groups attached to an aromatic ring is 1. The Labute approximate surface area is 95.2 Å². The monoisotopic (exact) mass is 217 g/mol. The maximum absolute atomic E-state index is 8.59. The second kappa shape index (κ2) is 4.31. The van der Waals surface area contributed by atoms with Crippen LogP contribution in [0.5, 0.6) is 5.75 Å². The van der Waals surface area contributed by atoms with Crippen molar-refractivity contribution in [2.24, 2.45) is 0 Å². The fourth-order valence-electron chi connectivity index (χ4n) is 1.97. The molecule has 1 aliphatic heterocycles. The van der Waals surface area contributed by atoms with Gasteiger partial charge in [-0.3, -0.25) is 0 Å². The molecule has 84 valence electrons. The summed E-state index contributed by atoms with van der Waals surface area (Å²) >= 11 is 0. The van der Waals surface area contributed by atoms with Crippen molar-refractivity contribution in [3.05, 3.63) is 18.2 Å². The van der Waals surface area contributed by atoms with Crippen molar-refractivity contribution in [2.75, 3.05) is 24.3 Å². The zero-order valence-corrected chi connectivity index (χ0v) is 9.31. The lowest BCUT2D eigenvalue weighted by molar-refractivity contribution is 0.262. The molecule has 4 heteroatoms. The maximum atomic E-state index is 8.59. The lowest BCUT2D eigenvalue weighted by Gasteiger charge is -2.36. The number of fused-ring (bicyclic) bond motifs is 1. The van der Waals surface area contributed by atoms with E-state index >= 15 is 0 Å². The van der Waals surface area contributed by atoms with E-state index in [0.717, 1.165) is 17.9 Å². The highest BCUT2D eigenvalue weighted by Crippen LogP contribution is 2.38. The van der Waals surface area contributed by atoms with E-state index in [2.05, 4.69) is 11.0 Å². The molecule has 0 fully saturated rings. The van der Waals surface area contributed by atoms with E-state index in [1.165, 1.54) is 0 Å². The van der Waals surface area contributed by atoms with E-state index in [4.69, 9.17) is 15.7 Å². The number of benzene rings is 1. The Balaban J connectivity index is 2.22. The zero-order valence-electron chi connectivity index (χ0n) is 9.31. The number of likely N-dealkylation sites (N-methyl/N-ethyl adjacent to an activating group) is 1. The first kappa shape index (κ1) is 10.6. The summed E-state index contributed by atoms with van der Waals surface area (Å²) in [6.07, 6.45) is 1.37. The number of nitrogens with two attached hydrogens (primary N) is 1. The third-order valence-corrected chi connectivity index (χ3v) is 2.96. The second-order valence-corrected chi connectivity index (χ2v) is 3.97. The lowest BCUT2D eigenvalue weighted by atomic mass is 10.1. The molecule has 2 rings (SSSR count). The van der Waals surface area contributed by atoms with E-state index in [0.29, 0.717) is 18.7 Å². The summed E-state index contributed by atoms with van der Waals surface area (Å²) < 4.78 is 5.66. The maximum Gasteiger partial charge on any atom is 0.165 e. The summed E-state index contributed by atoms with van der Waals surface area (Å²) in [6, 6.07) is 8.17. The Morgan fingerprint density at radius 3 is 3.19 bits per heavy atom.